The van der Waals surface area contributed by atoms with Gasteiger partial charge in [0.2, 0.25) is 11.8 Å². The van der Waals surface area contributed by atoms with E-state index in [1.54, 1.807) is 0 Å². The molecule has 0 bridgehead atoms. The molecule has 0 radical (unpaired) electrons. The Kier molecular flexibility index (Phi) is 5.88. The summed E-state index contributed by atoms with van der Waals surface area (Å²) in [5.74, 6) is -0.150. The maximum absolute atomic E-state index is 12.6. The van der Waals surface area contributed by atoms with Crippen LogP contribution in [0.3, 0.4) is 0 Å². The van der Waals surface area contributed by atoms with Crippen molar-refractivity contribution in [3.63, 3.8) is 0 Å². The molecule has 1 atom stereocenters. The molecular weight excluding hydrogens is 374 g/mol. The lowest BCUT2D eigenvalue weighted by Gasteiger charge is -2.26. The predicted molar refractivity (Wildman–Crippen MR) is 110 cm³/mol. The standard InChI is InChI=1S/C20H29N5O2S/c1-12(2)25-17-13(10-21-25)7-6-8-15(17)23-16(26)9-14-11-28-19(22-14)24-18(27)20(3,4)5/h10-12,15H,6-9H2,1-5H3,(H,23,26)(H,22,24,27). The van der Waals surface area contributed by atoms with Gasteiger partial charge in [0.25, 0.3) is 0 Å². The lowest BCUT2D eigenvalue weighted by molar-refractivity contribution is -0.123. The summed E-state index contributed by atoms with van der Waals surface area (Å²) in [6.45, 7) is 9.76. The third-order valence-electron chi connectivity index (χ3n) is 4.80. The zero-order valence-corrected chi connectivity index (χ0v) is 18.0. The van der Waals surface area contributed by atoms with Crippen LogP contribution in [0.1, 0.15) is 76.5 Å². The summed E-state index contributed by atoms with van der Waals surface area (Å²) in [6.07, 6.45) is 5.10. The third kappa shape index (κ3) is 4.60. The SMILES string of the molecule is CC(C)n1ncc2c1C(NC(=O)Cc1csc(NC(=O)C(C)(C)C)n1)CCC2. The first-order valence-corrected chi connectivity index (χ1v) is 10.6. The number of hydrogen-bond acceptors (Lipinski definition) is 5. The van der Waals surface area contributed by atoms with Gasteiger partial charge in [-0.15, -0.1) is 11.3 Å². The molecule has 1 unspecified atom stereocenters. The van der Waals surface area contributed by atoms with E-state index in [9.17, 15) is 9.59 Å². The second kappa shape index (κ2) is 8.03. The molecule has 0 fully saturated rings. The van der Waals surface area contributed by atoms with Crippen molar-refractivity contribution >= 4 is 28.3 Å². The molecule has 2 aromatic heterocycles. The summed E-state index contributed by atoms with van der Waals surface area (Å²) >= 11 is 1.34. The van der Waals surface area contributed by atoms with Crippen LogP contribution >= 0.6 is 11.3 Å². The number of thiazole rings is 1. The lowest BCUT2D eigenvalue weighted by atomic mass is 9.93. The van der Waals surface area contributed by atoms with Gasteiger partial charge in [-0.05, 0) is 38.7 Å². The highest BCUT2D eigenvalue weighted by molar-refractivity contribution is 7.13. The van der Waals surface area contributed by atoms with Gasteiger partial charge < -0.3 is 10.6 Å². The number of aromatic nitrogens is 3. The molecule has 28 heavy (non-hydrogen) atoms. The Morgan fingerprint density at radius 1 is 1.36 bits per heavy atom. The minimum absolute atomic E-state index is 0.0140. The fourth-order valence-corrected chi connectivity index (χ4v) is 4.01. The van der Waals surface area contributed by atoms with E-state index >= 15 is 0 Å². The molecule has 1 aliphatic carbocycles. The zero-order chi connectivity index (χ0) is 20.5. The number of nitrogens with zero attached hydrogens (tertiary/aromatic N) is 3. The van der Waals surface area contributed by atoms with E-state index in [0.29, 0.717) is 10.8 Å². The average molecular weight is 404 g/mol. The molecule has 0 saturated carbocycles. The van der Waals surface area contributed by atoms with Gasteiger partial charge in [0.05, 0.1) is 30.0 Å². The quantitative estimate of drug-likeness (QED) is 0.798. The summed E-state index contributed by atoms with van der Waals surface area (Å²) in [5, 5.41) is 12.8. The van der Waals surface area contributed by atoms with E-state index in [1.807, 2.05) is 37.0 Å². The topological polar surface area (TPSA) is 88.9 Å². The number of aryl methyl sites for hydroxylation is 1. The molecule has 2 aromatic rings. The van der Waals surface area contributed by atoms with Crippen molar-refractivity contribution in [2.75, 3.05) is 5.32 Å². The maximum atomic E-state index is 12.6. The van der Waals surface area contributed by atoms with Crippen LogP contribution in [0.2, 0.25) is 0 Å². The first kappa shape index (κ1) is 20.5. The van der Waals surface area contributed by atoms with Gasteiger partial charge in [0, 0.05) is 16.8 Å². The Hall–Kier alpha value is -2.22. The molecule has 7 nitrogen and oxygen atoms in total. The molecule has 8 heteroatoms. The Balaban J connectivity index is 1.63. The number of carbonyl (C=O) groups excluding carboxylic acids is 2. The van der Waals surface area contributed by atoms with Crippen molar-refractivity contribution in [3.05, 3.63) is 28.5 Å². The molecule has 0 aliphatic heterocycles. The number of nitrogens with one attached hydrogen (secondary N) is 2. The Morgan fingerprint density at radius 3 is 2.79 bits per heavy atom. The van der Waals surface area contributed by atoms with E-state index in [1.165, 1.54) is 16.9 Å². The summed E-state index contributed by atoms with van der Waals surface area (Å²) in [4.78, 5) is 29.1. The maximum Gasteiger partial charge on any atom is 0.231 e. The lowest BCUT2D eigenvalue weighted by Crippen LogP contribution is -2.33. The number of rotatable bonds is 5. The minimum atomic E-state index is -0.485. The Morgan fingerprint density at radius 2 is 2.11 bits per heavy atom. The van der Waals surface area contributed by atoms with Crippen molar-refractivity contribution in [2.24, 2.45) is 5.41 Å². The monoisotopic (exact) mass is 403 g/mol. The molecule has 1 aliphatic rings. The number of anilines is 1. The van der Waals surface area contributed by atoms with Gasteiger partial charge in [-0.1, -0.05) is 20.8 Å². The van der Waals surface area contributed by atoms with Gasteiger partial charge in [-0.3, -0.25) is 14.3 Å². The summed E-state index contributed by atoms with van der Waals surface area (Å²) in [6, 6.07) is 0.244. The first-order chi connectivity index (χ1) is 13.1. The largest absolute Gasteiger partial charge is 0.347 e. The molecule has 3 rings (SSSR count). The van der Waals surface area contributed by atoms with Crippen LogP contribution in [0.4, 0.5) is 5.13 Å². The average Bonchev–Trinajstić information content (AvgIpc) is 3.21. The second-order valence-electron chi connectivity index (χ2n) is 8.63. The summed E-state index contributed by atoms with van der Waals surface area (Å²) < 4.78 is 2.02. The van der Waals surface area contributed by atoms with Crippen LogP contribution in [-0.4, -0.2) is 26.6 Å². The Labute approximate surface area is 169 Å². The van der Waals surface area contributed by atoms with Gasteiger partial charge in [0.15, 0.2) is 5.13 Å². The molecule has 0 spiro atoms. The molecule has 152 valence electrons. The zero-order valence-electron chi connectivity index (χ0n) is 17.2. The van der Waals surface area contributed by atoms with E-state index in [0.717, 1.165) is 25.0 Å². The fourth-order valence-electron chi connectivity index (χ4n) is 3.31. The van der Waals surface area contributed by atoms with Crippen molar-refractivity contribution in [1.29, 1.82) is 0 Å². The molecular formula is C20H29N5O2S. The molecule has 2 amide bonds. The normalized spacial score (nSPS) is 16.7. The molecule has 0 saturated heterocycles. The fraction of sp³-hybridized carbons (Fsp3) is 0.600. The predicted octanol–water partition coefficient (Wildman–Crippen LogP) is 3.64. The smallest absolute Gasteiger partial charge is 0.231 e. The van der Waals surface area contributed by atoms with Crippen molar-refractivity contribution in [2.45, 2.75) is 72.4 Å². The minimum Gasteiger partial charge on any atom is -0.347 e. The highest BCUT2D eigenvalue weighted by Gasteiger charge is 2.27. The van der Waals surface area contributed by atoms with E-state index in [4.69, 9.17) is 0 Å². The van der Waals surface area contributed by atoms with Gasteiger partial charge in [-0.25, -0.2) is 4.98 Å². The van der Waals surface area contributed by atoms with Crippen LogP contribution in [-0.2, 0) is 22.4 Å². The van der Waals surface area contributed by atoms with Crippen LogP contribution in [0, 0.1) is 5.41 Å². The highest BCUT2D eigenvalue weighted by Crippen LogP contribution is 2.31. The number of hydrogen-bond donors (Lipinski definition) is 2. The number of fused-ring (bicyclic) bond motifs is 1. The van der Waals surface area contributed by atoms with Crippen molar-refractivity contribution in [1.82, 2.24) is 20.1 Å². The van der Waals surface area contributed by atoms with Crippen molar-refractivity contribution < 1.29 is 9.59 Å². The van der Waals surface area contributed by atoms with Gasteiger partial charge in [0.1, 0.15) is 0 Å². The van der Waals surface area contributed by atoms with Crippen LogP contribution in [0.25, 0.3) is 0 Å². The number of amides is 2. The van der Waals surface area contributed by atoms with Gasteiger partial charge in [-0.2, -0.15) is 5.10 Å². The van der Waals surface area contributed by atoms with Crippen LogP contribution in [0.15, 0.2) is 11.6 Å². The van der Waals surface area contributed by atoms with Crippen LogP contribution in [0.5, 0.6) is 0 Å². The Bertz CT molecular complexity index is 862. The number of carbonyl (C=O) groups is 2. The molecule has 2 N–H and O–H groups in total. The summed E-state index contributed by atoms with van der Waals surface area (Å²) in [7, 11) is 0. The second-order valence-corrected chi connectivity index (χ2v) is 9.49. The molecule has 0 aromatic carbocycles. The third-order valence-corrected chi connectivity index (χ3v) is 5.61. The highest BCUT2D eigenvalue weighted by atomic mass is 32.1. The van der Waals surface area contributed by atoms with E-state index in [2.05, 4.69) is 34.6 Å². The summed E-state index contributed by atoms with van der Waals surface area (Å²) in [5.41, 5.74) is 2.54. The van der Waals surface area contributed by atoms with E-state index in [-0.39, 0.29) is 30.3 Å². The first-order valence-electron chi connectivity index (χ1n) is 9.76. The molecule has 2 heterocycles. The van der Waals surface area contributed by atoms with Crippen LogP contribution < -0.4 is 10.6 Å². The van der Waals surface area contributed by atoms with E-state index < -0.39 is 5.41 Å². The van der Waals surface area contributed by atoms with Crippen molar-refractivity contribution in [3.8, 4) is 0 Å². The van der Waals surface area contributed by atoms with Gasteiger partial charge >= 0.3 is 0 Å².